The molecule has 0 bridgehead atoms. The lowest BCUT2D eigenvalue weighted by Gasteiger charge is -2.30. The van der Waals surface area contributed by atoms with Gasteiger partial charge in [-0.05, 0) is 57.0 Å². The summed E-state index contributed by atoms with van der Waals surface area (Å²) >= 11 is 5.77. The minimum Gasteiger partial charge on any atom is -0.326 e. The van der Waals surface area contributed by atoms with Crippen molar-refractivity contribution < 1.29 is 17.6 Å². The first-order valence-corrected chi connectivity index (χ1v) is 12.4. The molecule has 1 amide bonds. The summed E-state index contributed by atoms with van der Waals surface area (Å²) in [6.45, 7) is 3.88. The predicted molar refractivity (Wildman–Crippen MR) is 125 cm³/mol. The largest absolute Gasteiger partial charge is 0.326 e. The maximum atomic E-state index is 13.4. The highest BCUT2D eigenvalue weighted by Crippen LogP contribution is 2.30. The third-order valence-corrected chi connectivity index (χ3v) is 8.28. The lowest BCUT2D eigenvalue weighted by Crippen LogP contribution is -2.41. The number of anilines is 1. The number of halogens is 2. The van der Waals surface area contributed by atoms with Gasteiger partial charge in [-0.15, -0.1) is 0 Å². The first kappa shape index (κ1) is 23.4. The zero-order chi connectivity index (χ0) is 23.8. The fraction of sp³-hybridized carbons (Fsp3) is 0.304. The highest BCUT2D eigenvalue weighted by Gasteiger charge is 2.35. The van der Waals surface area contributed by atoms with Gasteiger partial charge in [0.2, 0.25) is 15.9 Å². The second-order valence-corrected chi connectivity index (χ2v) is 10.3. The fourth-order valence-electron chi connectivity index (χ4n) is 4.13. The molecule has 3 aromatic rings. The number of hydrogen-bond acceptors (Lipinski definition) is 4. The lowest BCUT2D eigenvalue weighted by molar-refractivity contribution is -0.120. The van der Waals surface area contributed by atoms with E-state index in [9.17, 15) is 17.6 Å². The molecule has 2 heterocycles. The van der Waals surface area contributed by atoms with Gasteiger partial charge < -0.3 is 5.32 Å². The van der Waals surface area contributed by atoms with Gasteiger partial charge >= 0.3 is 0 Å². The normalized spacial score (nSPS) is 15.5. The number of nitrogens with zero attached hydrogens (tertiary/aromatic N) is 3. The van der Waals surface area contributed by atoms with E-state index < -0.39 is 15.8 Å². The summed E-state index contributed by atoms with van der Waals surface area (Å²) in [5.41, 5.74) is 2.17. The molecule has 1 N–H and O–H groups in total. The van der Waals surface area contributed by atoms with Crippen molar-refractivity contribution in [3.8, 4) is 5.69 Å². The smallest absolute Gasteiger partial charge is 0.246 e. The topological polar surface area (TPSA) is 84.3 Å². The van der Waals surface area contributed by atoms with Crippen LogP contribution in [0.25, 0.3) is 5.69 Å². The van der Waals surface area contributed by atoms with Crippen molar-refractivity contribution in [1.29, 1.82) is 0 Å². The van der Waals surface area contributed by atoms with Gasteiger partial charge in [0.05, 0.1) is 22.1 Å². The van der Waals surface area contributed by atoms with Crippen molar-refractivity contribution in [2.24, 2.45) is 5.92 Å². The molecule has 1 aliphatic heterocycles. The van der Waals surface area contributed by atoms with Gasteiger partial charge in [-0.1, -0.05) is 29.8 Å². The summed E-state index contributed by atoms with van der Waals surface area (Å²) in [4.78, 5) is 12.8. The van der Waals surface area contributed by atoms with Crippen LogP contribution in [0.5, 0.6) is 0 Å². The second kappa shape index (κ2) is 9.24. The van der Waals surface area contributed by atoms with Gasteiger partial charge in [0.1, 0.15) is 10.7 Å². The Morgan fingerprint density at radius 2 is 1.79 bits per heavy atom. The standard InChI is InChI=1S/C23H24ClFN4O3S/c1-15-22(16(2)29(27-15)19-6-4-3-5-7-19)33(31,32)28-12-10-17(11-13-28)23(30)26-18-8-9-21(25)20(24)14-18/h3-9,14,17H,10-13H2,1-2H3,(H,26,30). The molecule has 0 atom stereocenters. The number of amides is 1. The first-order chi connectivity index (χ1) is 15.7. The second-order valence-electron chi connectivity index (χ2n) is 8.04. The van der Waals surface area contributed by atoms with Crippen LogP contribution in [0, 0.1) is 25.6 Å². The molecular formula is C23H24ClFN4O3S. The molecule has 1 aliphatic rings. The Morgan fingerprint density at radius 1 is 1.12 bits per heavy atom. The molecule has 0 radical (unpaired) electrons. The van der Waals surface area contributed by atoms with Gasteiger partial charge in [-0.3, -0.25) is 4.79 Å². The maximum absolute atomic E-state index is 13.4. The third kappa shape index (κ3) is 4.66. The third-order valence-electron chi connectivity index (χ3n) is 5.84. The molecule has 7 nitrogen and oxygen atoms in total. The Bertz CT molecular complexity index is 1290. The minimum absolute atomic E-state index is 0.0736. The minimum atomic E-state index is -3.77. The molecule has 174 valence electrons. The summed E-state index contributed by atoms with van der Waals surface area (Å²) < 4.78 is 43.2. The number of benzene rings is 2. The van der Waals surface area contributed by atoms with Crippen molar-refractivity contribution >= 4 is 33.2 Å². The van der Waals surface area contributed by atoms with Gasteiger partial charge in [-0.2, -0.15) is 9.40 Å². The van der Waals surface area contributed by atoms with Crippen LogP contribution in [0.2, 0.25) is 5.02 Å². The van der Waals surface area contributed by atoms with Crippen molar-refractivity contribution in [3.05, 3.63) is 70.8 Å². The average molecular weight is 491 g/mol. The summed E-state index contributed by atoms with van der Waals surface area (Å²) in [6.07, 6.45) is 0.760. The Labute approximate surface area is 197 Å². The predicted octanol–water partition coefficient (Wildman–Crippen LogP) is 4.32. The molecule has 4 rings (SSSR count). The van der Waals surface area contributed by atoms with E-state index in [1.807, 2.05) is 30.3 Å². The van der Waals surface area contributed by atoms with Crippen LogP contribution >= 0.6 is 11.6 Å². The number of sulfonamides is 1. The van der Waals surface area contributed by atoms with Crippen molar-refractivity contribution in [3.63, 3.8) is 0 Å². The molecule has 1 fully saturated rings. The van der Waals surface area contributed by atoms with E-state index in [1.165, 1.54) is 22.5 Å². The maximum Gasteiger partial charge on any atom is 0.246 e. The van der Waals surface area contributed by atoms with Crippen molar-refractivity contribution in [2.75, 3.05) is 18.4 Å². The number of aryl methyl sites for hydroxylation is 1. The van der Waals surface area contributed by atoms with E-state index in [4.69, 9.17) is 11.6 Å². The number of aromatic nitrogens is 2. The first-order valence-electron chi connectivity index (χ1n) is 10.6. The molecule has 0 unspecified atom stereocenters. The summed E-state index contributed by atoms with van der Waals surface area (Å²) in [6, 6.07) is 13.3. The van der Waals surface area contributed by atoms with Gasteiger partial charge in [0.25, 0.3) is 0 Å². The van der Waals surface area contributed by atoms with E-state index in [-0.39, 0.29) is 34.8 Å². The summed E-state index contributed by atoms with van der Waals surface area (Å²) in [5.74, 6) is -1.15. The Kier molecular flexibility index (Phi) is 6.56. The Hall–Kier alpha value is -2.75. The zero-order valence-electron chi connectivity index (χ0n) is 18.3. The average Bonchev–Trinajstić information content (AvgIpc) is 3.11. The molecule has 0 aliphatic carbocycles. The zero-order valence-corrected chi connectivity index (χ0v) is 19.8. The molecule has 0 spiro atoms. The number of hydrogen-bond donors (Lipinski definition) is 1. The number of piperidine rings is 1. The molecule has 1 saturated heterocycles. The van der Waals surface area contributed by atoms with Gasteiger partial charge in [0, 0.05) is 24.7 Å². The molecular weight excluding hydrogens is 467 g/mol. The van der Waals surface area contributed by atoms with Gasteiger partial charge in [0.15, 0.2) is 0 Å². The van der Waals surface area contributed by atoms with E-state index in [0.29, 0.717) is 29.9 Å². The quantitative estimate of drug-likeness (QED) is 0.577. The number of rotatable bonds is 5. The Balaban J connectivity index is 1.47. The number of nitrogens with one attached hydrogen (secondary N) is 1. The monoisotopic (exact) mass is 490 g/mol. The van der Waals surface area contributed by atoms with E-state index >= 15 is 0 Å². The van der Waals surface area contributed by atoms with Crippen LogP contribution in [0.4, 0.5) is 10.1 Å². The molecule has 33 heavy (non-hydrogen) atoms. The molecule has 1 aromatic heterocycles. The van der Waals surface area contributed by atoms with Crippen LogP contribution in [-0.4, -0.2) is 41.5 Å². The number of carbonyl (C=O) groups excluding carboxylic acids is 1. The molecule has 2 aromatic carbocycles. The summed E-state index contributed by atoms with van der Waals surface area (Å²) in [7, 11) is -3.77. The van der Waals surface area contributed by atoms with Crippen molar-refractivity contribution in [2.45, 2.75) is 31.6 Å². The van der Waals surface area contributed by atoms with Crippen molar-refractivity contribution in [1.82, 2.24) is 14.1 Å². The van der Waals surface area contributed by atoms with Crippen LogP contribution < -0.4 is 5.32 Å². The highest BCUT2D eigenvalue weighted by molar-refractivity contribution is 7.89. The van der Waals surface area contributed by atoms with Crippen LogP contribution in [0.1, 0.15) is 24.2 Å². The van der Waals surface area contributed by atoms with Gasteiger partial charge in [-0.25, -0.2) is 17.5 Å². The SMILES string of the molecule is Cc1nn(-c2ccccc2)c(C)c1S(=O)(=O)N1CCC(C(=O)Nc2ccc(F)c(Cl)c2)CC1. The van der Waals surface area contributed by atoms with E-state index in [2.05, 4.69) is 10.4 Å². The highest BCUT2D eigenvalue weighted by atomic mass is 35.5. The van der Waals surface area contributed by atoms with E-state index in [1.54, 1.807) is 18.5 Å². The van der Waals surface area contributed by atoms with Crippen LogP contribution in [-0.2, 0) is 14.8 Å². The Morgan fingerprint density at radius 3 is 2.42 bits per heavy atom. The number of carbonyl (C=O) groups is 1. The number of para-hydroxylation sites is 1. The lowest BCUT2D eigenvalue weighted by atomic mass is 9.97. The van der Waals surface area contributed by atoms with Crippen LogP contribution in [0.15, 0.2) is 53.4 Å². The fourth-order valence-corrected chi connectivity index (χ4v) is 6.13. The van der Waals surface area contributed by atoms with E-state index in [0.717, 1.165) is 5.69 Å². The van der Waals surface area contributed by atoms with Crippen LogP contribution in [0.3, 0.4) is 0 Å². The summed E-state index contributed by atoms with van der Waals surface area (Å²) in [5, 5.41) is 7.11. The molecule has 0 saturated carbocycles. The molecule has 10 heteroatoms.